The molecule has 100 valence electrons. The molecular formula is C11H9Br2N3O2S. The van der Waals surface area contributed by atoms with Crippen molar-refractivity contribution in [2.24, 2.45) is 0 Å². The number of nitrogens with one attached hydrogen (secondary N) is 1. The van der Waals surface area contributed by atoms with Crippen LogP contribution in [0.25, 0.3) is 0 Å². The number of pyridine rings is 2. The maximum absolute atomic E-state index is 9.69. The van der Waals surface area contributed by atoms with Crippen molar-refractivity contribution in [2.75, 3.05) is 11.8 Å². The number of rotatable bonds is 4. The lowest BCUT2D eigenvalue weighted by Crippen LogP contribution is -1.93. The van der Waals surface area contributed by atoms with E-state index in [0.29, 0.717) is 11.7 Å². The molecule has 0 bridgehead atoms. The lowest BCUT2D eigenvalue weighted by molar-refractivity contribution is 0.394. The quantitative estimate of drug-likeness (QED) is 0.752. The van der Waals surface area contributed by atoms with Crippen LogP contribution in [0, 0.1) is 0 Å². The van der Waals surface area contributed by atoms with Crippen molar-refractivity contribution in [3.05, 3.63) is 33.5 Å². The van der Waals surface area contributed by atoms with Gasteiger partial charge in [-0.05, 0) is 55.9 Å². The molecule has 0 spiro atoms. The summed E-state index contributed by atoms with van der Waals surface area (Å²) in [5, 5.41) is 9.69. The van der Waals surface area contributed by atoms with Crippen molar-refractivity contribution in [3.63, 3.8) is 0 Å². The van der Waals surface area contributed by atoms with Crippen LogP contribution < -0.4 is 9.46 Å². The highest BCUT2D eigenvalue weighted by atomic mass is 79.9. The Morgan fingerprint density at radius 3 is 2.68 bits per heavy atom. The third kappa shape index (κ3) is 3.74. The largest absolute Gasteiger partial charge is 0.504 e. The van der Waals surface area contributed by atoms with E-state index in [1.165, 1.54) is 11.9 Å². The Morgan fingerprint density at radius 1 is 1.26 bits per heavy atom. The SMILES string of the molecule is COc1ncc(SNc2ncc(Br)cc2O)cc1Br. The van der Waals surface area contributed by atoms with Gasteiger partial charge in [-0.2, -0.15) is 0 Å². The summed E-state index contributed by atoms with van der Waals surface area (Å²) in [6.45, 7) is 0. The molecule has 8 heteroatoms. The molecule has 0 aromatic carbocycles. The van der Waals surface area contributed by atoms with Crippen LogP contribution in [0.2, 0.25) is 0 Å². The molecule has 0 saturated carbocycles. The summed E-state index contributed by atoms with van der Waals surface area (Å²) in [5.41, 5.74) is 0. The molecule has 0 aliphatic rings. The molecule has 0 saturated heterocycles. The van der Waals surface area contributed by atoms with E-state index < -0.39 is 0 Å². The number of hydrogen-bond donors (Lipinski definition) is 2. The summed E-state index contributed by atoms with van der Waals surface area (Å²) < 4.78 is 9.48. The maximum atomic E-state index is 9.69. The van der Waals surface area contributed by atoms with Gasteiger partial charge >= 0.3 is 0 Å². The molecule has 2 aromatic rings. The number of halogens is 2. The number of aromatic nitrogens is 2. The van der Waals surface area contributed by atoms with Gasteiger partial charge in [-0.3, -0.25) is 0 Å². The van der Waals surface area contributed by atoms with Gasteiger partial charge in [0.15, 0.2) is 11.6 Å². The second-order valence-corrected chi connectivity index (χ2v) is 6.04. The molecular weight excluding hydrogens is 398 g/mol. The van der Waals surface area contributed by atoms with Crippen LogP contribution in [0.1, 0.15) is 0 Å². The van der Waals surface area contributed by atoms with Crippen molar-refractivity contribution >= 4 is 49.6 Å². The fraction of sp³-hybridized carbons (Fsp3) is 0.0909. The summed E-state index contributed by atoms with van der Waals surface area (Å²) >= 11 is 7.88. The van der Waals surface area contributed by atoms with Gasteiger partial charge in [0.25, 0.3) is 0 Å². The molecule has 2 rings (SSSR count). The summed E-state index contributed by atoms with van der Waals surface area (Å²) in [7, 11) is 1.56. The summed E-state index contributed by atoms with van der Waals surface area (Å²) in [5.74, 6) is 0.983. The van der Waals surface area contributed by atoms with E-state index in [1.807, 2.05) is 6.07 Å². The van der Waals surface area contributed by atoms with Gasteiger partial charge in [-0.1, -0.05) is 0 Å². The predicted molar refractivity (Wildman–Crippen MR) is 81.6 cm³/mol. The topological polar surface area (TPSA) is 67.3 Å². The normalized spacial score (nSPS) is 10.3. The van der Waals surface area contributed by atoms with E-state index in [0.717, 1.165) is 13.8 Å². The summed E-state index contributed by atoms with van der Waals surface area (Å²) in [6.07, 6.45) is 3.27. The second kappa shape index (κ2) is 6.44. The van der Waals surface area contributed by atoms with Crippen LogP contribution >= 0.6 is 43.8 Å². The van der Waals surface area contributed by atoms with Crippen LogP contribution in [0.3, 0.4) is 0 Å². The highest BCUT2D eigenvalue weighted by Gasteiger charge is 2.06. The Labute approximate surface area is 131 Å². The number of hydrogen-bond acceptors (Lipinski definition) is 6. The summed E-state index contributed by atoms with van der Waals surface area (Å²) in [6, 6.07) is 3.43. The van der Waals surface area contributed by atoms with Crippen molar-refractivity contribution in [3.8, 4) is 11.6 Å². The number of aromatic hydroxyl groups is 1. The van der Waals surface area contributed by atoms with Gasteiger partial charge in [-0.15, -0.1) is 0 Å². The fourth-order valence-corrected chi connectivity index (χ4v) is 2.86. The number of nitrogens with zero attached hydrogens (tertiary/aromatic N) is 2. The number of anilines is 1. The zero-order valence-corrected chi connectivity index (χ0v) is 13.7. The van der Waals surface area contributed by atoms with Gasteiger partial charge in [0.2, 0.25) is 5.88 Å². The van der Waals surface area contributed by atoms with Gasteiger partial charge < -0.3 is 14.6 Å². The molecule has 0 fully saturated rings. The third-order valence-corrected chi connectivity index (χ3v) is 3.83. The molecule has 0 aliphatic carbocycles. The van der Waals surface area contributed by atoms with E-state index >= 15 is 0 Å². The molecule has 0 atom stereocenters. The molecule has 0 unspecified atom stereocenters. The van der Waals surface area contributed by atoms with Crippen LogP contribution in [-0.2, 0) is 0 Å². The van der Waals surface area contributed by atoms with Crippen molar-refractivity contribution in [2.45, 2.75) is 4.90 Å². The predicted octanol–water partition coefficient (Wildman–Crippen LogP) is 3.84. The van der Waals surface area contributed by atoms with Crippen LogP contribution in [0.15, 0.2) is 38.4 Å². The molecule has 0 aliphatic heterocycles. The molecule has 2 heterocycles. The van der Waals surface area contributed by atoms with E-state index in [-0.39, 0.29) is 5.75 Å². The Kier molecular flexibility index (Phi) is 4.89. The van der Waals surface area contributed by atoms with Crippen LogP contribution in [0.4, 0.5) is 5.82 Å². The Bertz CT molecular complexity index is 598. The third-order valence-electron chi connectivity index (χ3n) is 2.08. The van der Waals surface area contributed by atoms with E-state index in [9.17, 15) is 5.11 Å². The minimum absolute atomic E-state index is 0.0717. The lowest BCUT2D eigenvalue weighted by Gasteiger charge is -2.07. The smallest absolute Gasteiger partial charge is 0.227 e. The first-order valence-corrected chi connectivity index (χ1v) is 7.47. The van der Waals surface area contributed by atoms with Gasteiger partial charge in [0, 0.05) is 21.8 Å². The van der Waals surface area contributed by atoms with Gasteiger partial charge in [0.05, 0.1) is 11.6 Å². The minimum Gasteiger partial charge on any atom is -0.504 e. The highest BCUT2D eigenvalue weighted by molar-refractivity contribution is 9.10. The maximum Gasteiger partial charge on any atom is 0.227 e. The van der Waals surface area contributed by atoms with Crippen LogP contribution in [0.5, 0.6) is 11.6 Å². The van der Waals surface area contributed by atoms with Gasteiger partial charge in [-0.25, -0.2) is 9.97 Å². The molecule has 2 aromatic heterocycles. The molecule has 0 amide bonds. The molecule has 19 heavy (non-hydrogen) atoms. The first-order chi connectivity index (χ1) is 9.10. The zero-order chi connectivity index (χ0) is 13.8. The lowest BCUT2D eigenvalue weighted by atomic mass is 10.4. The average molecular weight is 407 g/mol. The first-order valence-electron chi connectivity index (χ1n) is 5.07. The standard InChI is InChI=1S/C11H9Br2N3O2S/c1-18-11-8(13)3-7(5-15-11)19-16-10-9(17)2-6(12)4-14-10/h2-5,17H,1H3,(H,14,16). The van der Waals surface area contributed by atoms with Crippen molar-refractivity contribution < 1.29 is 9.84 Å². The molecule has 5 nitrogen and oxygen atoms in total. The average Bonchev–Trinajstić information content (AvgIpc) is 2.38. The van der Waals surface area contributed by atoms with E-state index in [4.69, 9.17) is 4.74 Å². The first kappa shape index (κ1) is 14.4. The summed E-state index contributed by atoms with van der Waals surface area (Å²) in [4.78, 5) is 9.05. The van der Waals surface area contributed by atoms with E-state index in [1.54, 1.807) is 25.6 Å². The number of methoxy groups -OCH3 is 1. The zero-order valence-electron chi connectivity index (χ0n) is 9.72. The Morgan fingerprint density at radius 2 is 2.05 bits per heavy atom. The van der Waals surface area contributed by atoms with Crippen molar-refractivity contribution in [1.29, 1.82) is 0 Å². The fourth-order valence-electron chi connectivity index (χ4n) is 1.23. The highest BCUT2D eigenvalue weighted by Crippen LogP contribution is 2.31. The Balaban J connectivity index is 2.08. The monoisotopic (exact) mass is 405 g/mol. The van der Waals surface area contributed by atoms with Gasteiger partial charge in [0.1, 0.15) is 0 Å². The number of ether oxygens (including phenoxy) is 1. The minimum atomic E-state index is 0.0717. The Hall–Kier alpha value is -0.990. The van der Waals surface area contributed by atoms with Crippen LogP contribution in [-0.4, -0.2) is 22.2 Å². The molecule has 2 N–H and O–H groups in total. The second-order valence-electron chi connectivity index (χ2n) is 3.39. The molecule has 0 radical (unpaired) electrons. The van der Waals surface area contributed by atoms with E-state index in [2.05, 4.69) is 46.5 Å². The van der Waals surface area contributed by atoms with Crippen molar-refractivity contribution in [1.82, 2.24) is 9.97 Å².